The van der Waals surface area contributed by atoms with Gasteiger partial charge in [0, 0.05) is 48.8 Å². The second-order valence-electron chi connectivity index (χ2n) is 10.9. The molecular formula is C31H33N7O2. The molecule has 0 saturated carbocycles. The molecule has 2 bridgehead atoms. The second-order valence-corrected chi connectivity index (χ2v) is 10.9. The molecule has 3 aliphatic heterocycles. The lowest BCUT2D eigenvalue weighted by Crippen LogP contribution is -2.54. The fraction of sp³-hybridized carbons (Fsp3) is 0.323. The van der Waals surface area contributed by atoms with Crippen molar-refractivity contribution in [1.82, 2.24) is 20.1 Å². The van der Waals surface area contributed by atoms with Crippen molar-refractivity contribution in [2.75, 3.05) is 41.7 Å². The molecule has 2 saturated heterocycles. The zero-order chi connectivity index (χ0) is 27.7. The Bertz CT molecular complexity index is 1510. The summed E-state index contributed by atoms with van der Waals surface area (Å²) in [5.41, 5.74) is 9.37. The molecule has 0 radical (unpaired) electrons. The fourth-order valence-corrected chi connectivity index (χ4v) is 5.93. The molecule has 9 nitrogen and oxygen atoms in total. The van der Waals surface area contributed by atoms with E-state index in [4.69, 9.17) is 5.73 Å². The van der Waals surface area contributed by atoms with Crippen molar-refractivity contribution in [2.24, 2.45) is 0 Å². The number of para-hydroxylation sites is 1. The first-order valence-electron chi connectivity index (χ1n) is 13.6. The highest BCUT2D eigenvalue weighted by molar-refractivity contribution is 5.74. The summed E-state index contributed by atoms with van der Waals surface area (Å²) >= 11 is 0. The van der Waals surface area contributed by atoms with Gasteiger partial charge in [0.2, 0.25) is 0 Å². The molecule has 5 heterocycles. The first-order valence-corrected chi connectivity index (χ1v) is 13.6. The maximum absolute atomic E-state index is 10.4. The molecule has 40 heavy (non-hydrogen) atoms. The van der Waals surface area contributed by atoms with Gasteiger partial charge in [0.1, 0.15) is 11.4 Å². The number of hydrogen-bond acceptors (Lipinski definition) is 9. The van der Waals surface area contributed by atoms with E-state index in [1.807, 2.05) is 47.6 Å². The van der Waals surface area contributed by atoms with Crippen LogP contribution in [-0.2, 0) is 0 Å². The van der Waals surface area contributed by atoms with Crippen LogP contribution in [0.3, 0.4) is 0 Å². The van der Waals surface area contributed by atoms with Crippen LogP contribution in [0.25, 0.3) is 11.3 Å². The molecule has 3 aliphatic rings. The number of nitrogens with zero attached hydrogens (tertiary/aromatic N) is 6. The molecular weight excluding hydrogens is 502 g/mol. The van der Waals surface area contributed by atoms with Crippen LogP contribution in [0.1, 0.15) is 25.5 Å². The van der Waals surface area contributed by atoms with Crippen molar-refractivity contribution in [3.63, 3.8) is 0 Å². The van der Waals surface area contributed by atoms with Gasteiger partial charge in [-0.3, -0.25) is 0 Å². The van der Waals surface area contributed by atoms with E-state index in [0.29, 0.717) is 42.2 Å². The van der Waals surface area contributed by atoms with Crippen LogP contribution in [0.4, 0.5) is 17.2 Å². The number of nitrogen functional groups attached to an aromatic ring is 1. The topological polar surface area (TPSA) is 115 Å². The normalized spacial score (nSPS) is 23.6. The standard InChI is InChI=1S/C31H33N7O2/c1-31(40)13-4-5-15-36(21-31)16-6-7-22-17-23(12-14-33-22)38-24-10-11-25(38)20-37(19-24)28-18-27(34-35-30(28)32)26-8-2-3-9-29(26)39/h2-5,8-9,12-15,17-18,24-25,39-40H,10-11,16,19-21H2,1H3,(H2,32,35). The summed E-state index contributed by atoms with van der Waals surface area (Å²) in [5.74, 6) is 6.99. The van der Waals surface area contributed by atoms with Crippen LogP contribution >= 0.6 is 0 Å². The molecule has 2 aromatic heterocycles. The number of aromatic nitrogens is 3. The number of hydrogen-bond donors (Lipinski definition) is 3. The highest BCUT2D eigenvalue weighted by Gasteiger charge is 2.40. The Balaban J connectivity index is 1.17. The number of piperazine rings is 1. The van der Waals surface area contributed by atoms with E-state index in [9.17, 15) is 10.2 Å². The maximum Gasteiger partial charge on any atom is 0.169 e. The molecule has 0 amide bonds. The Kier molecular flexibility index (Phi) is 6.78. The van der Waals surface area contributed by atoms with Gasteiger partial charge in [0.15, 0.2) is 5.82 Å². The minimum Gasteiger partial charge on any atom is -0.507 e. The van der Waals surface area contributed by atoms with Crippen molar-refractivity contribution in [3.05, 3.63) is 78.8 Å². The third kappa shape index (κ3) is 5.31. The van der Waals surface area contributed by atoms with Gasteiger partial charge in [-0.15, -0.1) is 10.2 Å². The van der Waals surface area contributed by atoms with Gasteiger partial charge < -0.3 is 30.6 Å². The summed E-state index contributed by atoms with van der Waals surface area (Å²) in [7, 11) is 0. The lowest BCUT2D eigenvalue weighted by Gasteiger charge is -2.43. The maximum atomic E-state index is 10.4. The molecule has 0 aliphatic carbocycles. The van der Waals surface area contributed by atoms with Crippen LogP contribution in [-0.4, -0.2) is 74.2 Å². The van der Waals surface area contributed by atoms with Crippen molar-refractivity contribution in [2.45, 2.75) is 37.5 Å². The van der Waals surface area contributed by atoms with Gasteiger partial charge in [0.25, 0.3) is 0 Å². The highest BCUT2D eigenvalue weighted by Crippen LogP contribution is 2.39. The minimum absolute atomic E-state index is 0.167. The van der Waals surface area contributed by atoms with Crippen LogP contribution in [0.15, 0.2) is 73.1 Å². The molecule has 204 valence electrons. The number of fused-ring (bicyclic) bond motifs is 2. The van der Waals surface area contributed by atoms with Crippen LogP contribution in [0.5, 0.6) is 5.75 Å². The van der Waals surface area contributed by atoms with Crippen molar-refractivity contribution >= 4 is 17.2 Å². The number of aliphatic hydroxyl groups is 1. The number of nitrogens with two attached hydrogens (primary N) is 1. The minimum atomic E-state index is -0.882. The van der Waals surface area contributed by atoms with Crippen LogP contribution in [0.2, 0.25) is 0 Å². The predicted molar refractivity (Wildman–Crippen MR) is 157 cm³/mol. The van der Waals surface area contributed by atoms with Crippen molar-refractivity contribution < 1.29 is 10.2 Å². The Morgan fingerprint density at radius 3 is 2.67 bits per heavy atom. The number of benzene rings is 1. The number of aromatic hydroxyl groups is 1. The van der Waals surface area contributed by atoms with Crippen molar-refractivity contribution in [1.29, 1.82) is 0 Å². The summed E-state index contributed by atoms with van der Waals surface area (Å²) < 4.78 is 0. The Labute approximate surface area is 234 Å². The molecule has 1 aromatic carbocycles. The largest absolute Gasteiger partial charge is 0.507 e. The third-order valence-corrected chi connectivity index (χ3v) is 7.73. The summed E-state index contributed by atoms with van der Waals surface area (Å²) in [5, 5.41) is 29.2. The quantitative estimate of drug-likeness (QED) is 0.433. The summed E-state index contributed by atoms with van der Waals surface area (Å²) in [4.78, 5) is 11.3. The van der Waals surface area contributed by atoms with Gasteiger partial charge in [-0.05, 0) is 62.1 Å². The average molecular weight is 536 g/mol. The van der Waals surface area contributed by atoms with E-state index in [0.717, 1.165) is 43.0 Å². The van der Waals surface area contributed by atoms with Gasteiger partial charge in [0.05, 0.1) is 30.1 Å². The molecule has 3 atom stereocenters. The zero-order valence-electron chi connectivity index (χ0n) is 22.5. The summed E-state index contributed by atoms with van der Waals surface area (Å²) in [6, 6.07) is 13.8. The number of pyridine rings is 1. The first-order chi connectivity index (χ1) is 19.4. The van der Waals surface area contributed by atoms with Crippen LogP contribution < -0.4 is 15.5 Å². The summed E-state index contributed by atoms with van der Waals surface area (Å²) in [6.07, 6.45) is 11.5. The number of rotatable bonds is 4. The van der Waals surface area contributed by atoms with E-state index in [1.54, 1.807) is 25.1 Å². The Morgan fingerprint density at radius 1 is 1.07 bits per heavy atom. The number of phenols is 1. The fourth-order valence-electron chi connectivity index (χ4n) is 5.93. The summed E-state index contributed by atoms with van der Waals surface area (Å²) in [6.45, 7) is 4.41. The Hall–Kier alpha value is -4.55. The molecule has 0 spiro atoms. The monoisotopic (exact) mass is 535 g/mol. The lowest BCUT2D eigenvalue weighted by molar-refractivity contribution is 0.0833. The third-order valence-electron chi connectivity index (χ3n) is 7.73. The van der Waals surface area contributed by atoms with E-state index >= 15 is 0 Å². The molecule has 6 rings (SSSR count). The number of allylic oxidation sites excluding steroid dienone is 2. The van der Waals surface area contributed by atoms with Crippen LogP contribution in [0, 0.1) is 11.8 Å². The number of anilines is 3. The van der Waals surface area contributed by atoms with Gasteiger partial charge >= 0.3 is 0 Å². The smallest absolute Gasteiger partial charge is 0.169 e. The molecule has 2 fully saturated rings. The van der Waals surface area contributed by atoms with Crippen molar-refractivity contribution in [3.8, 4) is 28.8 Å². The van der Waals surface area contributed by atoms with E-state index in [1.165, 1.54) is 0 Å². The number of phenolic OH excluding ortho intramolecular Hbond substituents is 1. The SMILES string of the molecule is CC1(O)C=CC=CN(CC#Cc2cc(N3C4CCC3CN(c3cc(-c5ccccc5O)nnc3N)C4)ccn2)C1. The van der Waals surface area contributed by atoms with E-state index in [-0.39, 0.29) is 5.75 Å². The van der Waals surface area contributed by atoms with E-state index in [2.05, 4.69) is 49.0 Å². The predicted octanol–water partition coefficient (Wildman–Crippen LogP) is 3.17. The molecule has 9 heteroatoms. The second kappa shape index (κ2) is 10.5. The molecule has 3 aromatic rings. The average Bonchev–Trinajstić information content (AvgIpc) is 3.08. The van der Waals surface area contributed by atoms with E-state index < -0.39 is 5.60 Å². The number of β-amino-alcohol motifs (C(OH)–C–C–N with tert-alkyl or cyclic N) is 1. The van der Waals surface area contributed by atoms with Gasteiger partial charge in [-0.2, -0.15) is 0 Å². The van der Waals surface area contributed by atoms with Gasteiger partial charge in [-0.1, -0.05) is 30.2 Å². The van der Waals surface area contributed by atoms with Gasteiger partial charge in [-0.25, -0.2) is 4.98 Å². The zero-order valence-corrected chi connectivity index (χ0v) is 22.5. The first kappa shape index (κ1) is 25.7. The highest BCUT2D eigenvalue weighted by atomic mass is 16.3. The molecule has 3 unspecified atom stereocenters. The lowest BCUT2D eigenvalue weighted by atomic mass is 10.1. The molecule has 4 N–H and O–H groups in total. The Morgan fingerprint density at radius 2 is 1.88 bits per heavy atom.